The maximum absolute atomic E-state index is 5.59. The van der Waals surface area contributed by atoms with Crippen molar-refractivity contribution in [1.29, 1.82) is 0 Å². The first-order valence-corrected chi connectivity index (χ1v) is 7.48. The molecule has 0 amide bonds. The number of rotatable bonds is 4. The van der Waals surface area contributed by atoms with E-state index in [1.165, 1.54) is 24.8 Å². The lowest BCUT2D eigenvalue weighted by atomic mass is 9.76. The van der Waals surface area contributed by atoms with Crippen molar-refractivity contribution < 1.29 is 4.74 Å². The number of piperazine rings is 1. The first-order valence-electron chi connectivity index (χ1n) is 7.48. The van der Waals surface area contributed by atoms with Crippen LogP contribution >= 0.6 is 0 Å². The predicted molar refractivity (Wildman–Crippen MR) is 77.5 cm³/mol. The van der Waals surface area contributed by atoms with Gasteiger partial charge in [0.2, 0.25) is 0 Å². The maximum Gasteiger partial charge on any atom is 0.123 e. The lowest BCUT2D eigenvalue weighted by Crippen LogP contribution is -2.47. The average molecular weight is 260 g/mol. The van der Waals surface area contributed by atoms with Gasteiger partial charge in [-0.1, -0.05) is 24.6 Å². The van der Waals surface area contributed by atoms with Gasteiger partial charge in [0.05, 0.1) is 7.11 Å². The molecule has 2 fully saturated rings. The second kappa shape index (κ2) is 5.93. The molecule has 1 aromatic rings. The van der Waals surface area contributed by atoms with Crippen molar-refractivity contribution in [3.05, 3.63) is 29.8 Å². The Morgan fingerprint density at radius 1 is 1.21 bits per heavy atom. The Hall–Kier alpha value is -1.06. The van der Waals surface area contributed by atoms with E-state index in [4.69, 9.17) is 4.74 Å². The van der Waals surface area contributed by atoms with Crippen LogP contribution in [0.5, 0.6) is 5.75 Å². The number of methoxy groups -OCH3 is 1. The first kappa shape index (κ1) is 12.9. The van der Waals surface area contributed by atoms with E-state index >= 15 is 0 Å². The van der Waals surface area contributed by atoms with Crippen molar-refractivity contribution in [2.75, 3.05) is 33.3 Å². The molecule has 0 unspecified atom stereocenters. The standard InChI is InChI=1S/C16H24N2O/c1-19-15-8-3-2-7-14(15)16(13-5-4-6-13)18-11-9-17-10-12-18/h2-3,7-8,13,16-17H,4-6,9-12H2,1H3/t16-/m0/s1. The molecule has 0 aromatic heterocycles. The minimum Gasteiger partial charge on any atom is -0.496 e. The van der Waals surface area contributed by atoms with E-state index in [0.29, 0.717) is 6.04 Å². The van der Waals surface area contributed by atoms with Crippen molar-refractivity contribution in [2.45, 2.75) is 25.3 Å². The Morgan fingerprint density at radius 3 is 2.58 bits per heavy atom. The van der Waals surface area contributed by atoms with Gasteiger partial charge >= 0.3 is 0 Å². The third-order valence-corrected chi connectivity index (χ3v) is 4.60. The van der Waals surface area contributed by atoms with E-state index < -0.39 is 0 Å². The molecule has 0 radical (unpaired) electrons. The molecular weight excluding hydrogens is 236 g/mol. The Balaban J connectivity index is 1.88. The van der Waals surface area contributed by atoms with Crippen molar-refractivity contribution in [1.82, 2.24) is 10.2 Å². The molecule has 1 N–H and O–H groups in total. The molecule has 0 spiro atoms. The zero-order valence-corrected chi connectivity index (χ0v) is 11.8. The summed E-state index contributed by atoms with van der Waals surface area (Å²) in [4.78, 5) is 2.65. The van der Waals surface area contributed by atoms with E-state index in [0.717, 1.165) is 37.8 Å². The normalized spacial score (nSPS) is 22.8. The highest BCUT2D eigenvalue weighted by molar-refractivity contribution is 5.36. The van der Waals surface area contributed by atoms with Gasteiger partial charge in [0.15, 0.2) is 0 Å². The molecule has 3 heteroatoms. The molecule has 1 aliphatic carbocycles. The summed E-state index contributed by atoms with van der Waals surface area (Å²) < 4.78 is 5.59. The average Bonchev–Trinajstić information content (AvgIpc) is 2.43. The molecule has 2 aliphatic rings. The first-order chi connectivity index (χ1) is 9.40. The SMILES string of the molecule is COc1ccccc1[C@H](C1CCC1)N1CCNCC1. The fourth-order valence-electron chi connectivity index (χ4n) is 3.38. The van der Waals surface area contributed by atoms with Crippen LogP contribution in [0.15, 0.2) is 24.3 Å². The smallest absolute Gasteiger partial charge is 0.123 e. The van der Waals surface area contributed by atoms with Crippen LogP contribution in [0.1, 0.15) is 30.9 Å². The van der Waals surface area contributed by atoms with Crippen molar-refractivity contribution >= 4 is 0 Å². The summed E-state index contributed by atoms with van der Waals surface area (Å²) in [7, 11) is 1.79. The molecule has 0 bridgehead atoms. The fraction of sp³-hybridized carbons (Fsp3) is 0.625. The summed E-state index contributed by atoms with van der Waals surface area (Å²) in [6.07, 6.45) is 4.13. The second-order valence-electron chi connectivity index (χ2n) is 5.66. The Kier molecular flexibility index (Phi) is 4.04. The summed E-state index contributed by atoms with van der Waals surface area (Å²) in [6.45, 7) is 4.52. The summed E-state index contributed by atoms with van der Waals surface area (Å²) in [5.41, 5.74) is 1.39. The third-order valence-electron chi connectivity index (χ3n) is 4.60. The van der Waals surface area contributed by atoms with Gasteiger partial charge in [-0.2, -0.15) is 0 Å². The Labute approximate surface area is 115 Å². The molecule has 1 aromatic carbocycles. The predicted octanol–water partition coefficient (Wildman–Crippen LogP) is 2.44. The Bertz CT molecular complexity index is 411. The van der Waals surface area contributed by atoms with Gasteiger partial charge in [-0.05, 0) is 24.8 Å². The molecule has 1 heterocycles. The highest BCUT2D eigenvalue weighted by Crippen LogP contribution is 2.44. The molecule has 1 saturated heterocycles. The van der Waals surface area contributed by atoms with E-state index in [9.17, 15) is 0 Å². The van der Waals surface area contributed by atoms with Crippen molar-refractivity contribution in [3.63, 3.8) is 0 Å². The Morgan fingerprint density at radius 2 is 1.95 bits per heavy atom. The van der Waals surface area contributed by atoms with Crippen LogP contribution in [0.2, 0.25) is 0 Å². The number of benzene rings is 1. The molecule has 1 saturated carbocycles. The number of ether oxygens (including phenoxy) is 1. The van der Waals surface area contributed by atoms with Crippen molar-refractivity contribution in [2.24, 2.45) is 5.92 Å². The van der Waals surface area contributed by atoms with Crippen LogP contribution in [-0.4, -0.2) is 38.2 Å². The highest BCUT2D eigenvalue weighted by atomic mass is 16.5. The number of nitrogens with one attached hydrogen (secondary N) is 1. The monoisotopic (exact) mass is 260 g/mol. The lowest BCUT2D eigenvalue weighted by molar-refractivity contribution is 0.0818. The van der Waals surface area contributed by atoms with Gasteiger partial charge in [0, 0.05) is 37.8 Å². The topological polar surface area (TPSA) is 24.5 Å². The van der Waals surface area contributed by atoms with Crippen LogP contribution in [0.3, 0.4) is 0 Å². The third kappa shape index (κ3) is 2.63. The molecule has 3 nitrogen and oxygen atoms in total. The van der Waals surface area contributed by atoms with Crippen LogP contribution in [0.25, 0.3) is 0 Å². The summed E-state index contributed by atoms with van der Waals surface area (Å²) in [5, 5.41) is 3.45. The van der Waals surface area contributed by atoms with E-state index in [1.54, 1.807) is 7.11 Å². The lowest BCUT2D eigenvalue weighted by Gasteiger charge is -2.43. The molecule has 1 atom stereocenters. The van der Waals surface area contributed by atoms with Gasteiger partial charge in [-0.15, -0.1) is 0 Å². The van der Waals surface area contributed by atoms with E-state index in [-0.39, 0.29) is 0 Å². The minimum atomic E-state index is 0.548. The van der Waals surface area contributed by atoms with Gasteiger partial charge in [0.1, 0.15) is 5.75 Å². The van der Waals surface area contributed by atoms with Gasteiger partial charge in [0.25, 0.3) is 0 Å². The van der Waals surface area contributed by atoms with E-state index in [2.05, 4.69) is 34.5 Å². The van der Waals surface area contributed by atoms with Gasteiger partial charge in [-0.3, -0.25) is 4.90 Å². The van der Waals surface area contributed by atoms with Gasteiger partial charge in [-0.25, -0.2) is 0 Å². The van der Waals surface area contributed by atoms with Gasteiger partial charge < -0.3 is 10.1 Å². The molecule has 104 valence electrons. The summed E-state index contributed by atoms with van der Waals surface area (Å²) >= 11 is 0. The zero-order chi connectivity index (χ0) is 13.1. The number of para-hydroxylation sites is 1. The summed E-state index contributed by atoms with van der Waals surface area (Å²) in [6, 6.07) is 9.11. The quantitative estimate of drug-likeness (QED) is 0.900. The van der Waals surface area contributed by atoms with Crippen LogP contribution in [0, 0.1) is 5.92 Å². The minimum absolute atomic E-state index is 0.548. The highest BCUT2D eigenvalue weighted by Gasteiger charge is 2.34. The molecular formula is C16H24N2O. The second-order valence-corrected chi connectivity index (χ2v) is 5.66. The molecule has 1 aliphatic heterocycles. The number of hydrogen-bond donors (Lipinski definition) is 1. The maximum atomic E-state index is 5.59. The summed E-state index contributed by atoms with van der Waals surface area (Å²) in [5.74, 6) is 1.87. The zero-order valence-electron chi connectivity index (χ0n) is 11.8. The van der Waals surface area contributed by atoms with Crippen molar-refractivity contribution in [3.8, 4) is 5.75 Å². The van der Waals surface area contributed by atoms with E-state index in [1.807, 2.05) is 0 Å². The number of hydrogen-bond acceptors (Lipinski definition) is 3. The molecule has 19 heavy (non-hydrogen) atoms. The largest absolute Gasteiger partial charge is 0.496 e. The number of nitrogens with zero attached hydrogens (tertiary/aromatic N) is 1. The van der Waals surface area contributed by atoms with Crippen LogP contribution in [-0.2, 0) is 0 Å². The molecule has 3 rings (SSSR count). The van der Waals surface area contributed by atoms with Crippen LogP contribution in [0.4, 0.5) is 0 Å². The van der Waals surface area contributed by atoms with Crippen LogP contribution < -0.4 is 10.1 Å². The fourth-order valence-corrected chi connectivity index (χ4v) is 3.38.